The molecule has 1 aromatic rings. The minimum atomic E-state index is -0.558. The maximum Gasteiger partial charge on any atom is 0.420 e. The van der Waals surface area contributed by atoms with E-state index in [4.69, 9.17) is 10.00 Å². The normalized spacial score (nSPS) is 10.9. The van der Waals surface area contributed by atoms with Gasteiger partial charge >= 0.3 is 6.09 Å². The van der Waals surface area contributed by atoms with Crippen LogP contribution >= 0.6 is 22.6 Å². The van der Waals surface area contributed by atoms with E-state index in [-0.39, 0.29) is 5.69 Å². The van der Waals surface area contributed by atoms with E-state index in [1.807, 2.05) is 28.7 Å². The highest BCUT2D eigenvalue weighted by molar-refractivity contribution is 14.1. The Bertz CT molecular complexity index is 424. The standard InChI is InChI=1S/C10H11IN2O2/c1-10(2,3)15-9(14)13-7(6-12)4-5-8(13)11/h4-5H,1-3H3. The Balaban J connectivity index is 3.02. The largest absolute Gasteiger partial charge is 0.443 e. The minimum absolute atomic E-state index is 0.286. The maximum absolute atomic E-state index is 11.7. The summed E-state index contributed by atoms with van der Waals surface area (Å²) in [6.07, 6.45) is -0.520. The summed E-state index contributed by atoms with van der Waals surface area (Å²) in [4.78, 5) is 11.7. The molecule has 15 heavy (non-hydrogen) atoms. The van der Waals surface area contributed by atoms with Crippen LogP contribution in [0.2, 0.25) is 0 Å². The molecule has 4 nitrogen and oxygen atoms in total. The summed E-state index contributed by atoms with van der Waals surface area (Å²) in [6.45, 7) is 5.36. The van der Waals surface area contributed by atoms with E-state index >= 15 is 0 Å². The van der Waals surface area contributed by atoms with Crippen molar-refractivity contribution < 1.29 is 9.53 Å². The van der Waals surface area contributed by atoms with Crippen molar-refractivity contribution in [2.24, 2.45) is 0 Å². The van der Waals surface area contributed by atoms with Crippen molar-refractivity contribution in [3.05, 3.63) is 21.5 Å². The summed E-state index contributed by atoms with van der Waals surface area (Å²) < 4.78 is 7.09. The SMILES string of the molecule is CC(C)(C)OC(=O)n1c(I)ccc1C#N. The number of rotatable bonds is 0. The van der Waals surface area contributed by atoms with Crippen molar-refractivity contribution in [1.29, 1.82) is 5.26 Å². The summed E-state index contributed by atoms with van der Waals surface area (Å²) in [7, 11) is 0. The van der Waals surface area contributed by atoms with E-state index < -0.39 is 11.7 Å². The molecule has 0 saturated carbocycles. The van der Waals surface area contributed by atoms with E-state index in [1.165, 1.54) is 4.57 Å². The first kappa shape index (κ1) is 12.0. The number of nitrogens with zero attached hydrogens (tertiary/aromatic N) is 2. The molecule has 0 aliphatic carbocycles. The van der Waals surface area contributed by atoms with E-state index in [1.54, 1.807) is 32.9 Å². The zero-order chi connectivity index (χ0) is 11.6. The number of aromatic nitrogens is 1. The molecule has 0 amide bonds. The quantitative estimate of drug-likeness (QED) is 0.691. The van der Waals surface area contributed by atoms with Crippen molar-refractivity contribution in [1.82, 2.24) is 4.57 Å². The van der Waals surface area contributed by atoms with Gasteiger partial charge in [-0.3, -0.25) is 0 Å². The molecule has 0 unspecified atom stereocenters. The third-order valence-corrected chi connectivity index (χ3v) is 2.37. The van der Waals surface area contributed by atoms with Crippen LogP contribution in [0.5, 0.6) is 0 Å². The molecule has 1 aromatic heterocycles. The molecule has 0 N–H and O–H groups in total. The molecular weight excluding hydrogens is 307 g/mol. The number of carbonyl (C=O) groups excluding carboxylic acids is 1. The lowest BCUT2D eigenvalue weighted by Gasteiger charge is -2.20. The molecule has 5 heteroatoms. The summed E-state index contributed by atoms with van der Waals surface area (Å²) in [5, 5.41) is 8.80. The van der Waals surface area contributed by atoms with Gasteiger partial charge in [-0.25, -0.2) is 9.36 Å². The molecule has 0 atom stereocenters. The lowest BCUT2D eigenvalue weighted by atomic mass is 10.2. The fourth-order valence-electron chi connectivity index (χ4n) is 0.992. The molecular formula is C10H11IN2O2. The summed E-state index contributed by atoms with van der Waals surface area (Å²) in [5.41, 5.74) is -0.273. The molecule has 0 spiro atoms. The first-order valence-corrected chi connectivity index (χ1v) is 5.44. The van der Waals surface area contributed by atoms with Crippen LogP contribution in [-0.4, -0.2) is 16.3 Å². The molecule has 80 valence electrons. The Morgan fingerprint density at radius 2 is 2.13 bits per heavy atom. The van der Waals surface area contributed by atoms with Crippen LogP contribution < -0.4 is 0 Å². The van der Waals surface area contributed by atoms with Crippen LogP contribution in [0.15, 0.2) is 12.1 Å². The van der Waals surface area contributed by atoms with Gasteiger partial charge in [0.1, 0.15) is 17.4 Å². The van der Waals surface area contributed by atoms with Crippen LogP contribution in [0, 0.1) is 15.0 Å². The summed E-state index contributed by atoms with van der Waals surface area (Å²) >= 11 is 1.98. The molecule has 0 bridgehead atoms. The zero-order valence-electron chi connectivity index (χ0n) is 8.74. The lowest BCUT2D eigenvalue weighted by Crippen LogP contribution is -2.28. The van der Waals surface area contributed by atoms with Gasteiger partial charge in [0.25, 0.3) is 0 Å². The first-order valence-electron chi connectivity index (χ1n) is 4.36. The van der Waals surface area contributed by atoms with Gasteiger partial charge in [-0.05, 0) is 55.5 Å². The van der Waals surface area contributed by atoms with E-state index in [9.17, 15) is 4.79 Å². The number of halogens is 1. The Kier molecular flexibility index (Phi) is 3.39. The number of carbonyl (C=O) groups is 1. The Labute approximate surface area is 102 Å². The average Bonchev–Trinajstić information content (AvgIpc) is 2.43. The predicted octanol–water partition coefficient (Wildman–Crippen LogP) is 2.75. The zero-order valence-corrected chi connectivity index (χ0v) is 10.9. The van der Waals surface area contributed by atoms with Crippen molar-refractivity contribution in [2.75, 3.05) is 0 Å². The third kappa shape index (κ3) is 2.96. The topological polar surface area (TPSA) is 55.0 Å². The highest BCUT2D eigenvalue weighted by atomic mass is 127. The van der Waals surface area contributed by atoms with Crippen LogP contribution in [0.3, 0.4) is 0 Å². The fraction of sp³-hybridized carbons (Fsp3) is 0.400. The van der Waals surface area contributed by atoms with E-state index in [0.29, 0.717) is 3.70 Å². The highest BCUT2D eigenvalue weighted by Gasteiger charge is 2.21. The van der Waals surface area contributed by atoms with Gasteiger partial charge in [-0.15, -0.1) is 0 Å². The molecule has 1 heterocycles. The van der Waals surface area contributed by atoms with E-state index in [0.717, 1.165) is 0 Å². The molecule has 0 fully saturated rings. The monoisotopic (exact) mass is 318 g/mol. The first-order chi connectivity index (χ1) is 6.85. The van der Waals surface area contributed by atoms with Gasteiger partial charge in [0.15, 0.2) is 0 Å². The van der Waals surface area contributed by atoms with Crippen LogP contribution in [0.4, 0.5) is 4.79 Å². The Morgan fingerprint density at radius 1 is 1.53 bits per heavy atom. The average molecular weight is 318 g/mol. The second kappa shape index (κ2) is 4.23. The lowest BCUT2D eigenvalue weighted by molar-refractivity contribution is 0.0532. The van der Waals surface area contributed by atoms with Gasteiger partial charge in [0.2, 0.25) is 0 Å². The number of hydrogen-bond donors (Lipinski definition) is 0. The van der Waals surface area contributed by atoms with Crippen molar-refractivity contribution >= 4 is 28.7 Å². The molecule has 1 rings (SSSR count). The van der Waals surface area contributed by atoms with Gasteiger partial charge < -0.3 is 4.74 Å². The second-order valence-corrected chi connectivity index (χ2v) is 5.07. The summed E-state index contributed by atoms with van der Waals surface area (Å²) in [5.74, 6) is 0. The smallest absolute Gasteiger partial charge is 0.420 e. The van der Waals surface area contributed by atoms with Crippen molar-refractivity contribution in [2.45, 2.75) is 26.4 Å². The predicted molar refractivity (Wildman–Crippen MR) is 63.5 cm³/mol. The molecule has 0 radical (unpaired) electrons. The third-order valence-electron chi connectivity index (χ3n) is 1.52. The van der Waals surface area contributed by atoms with E-state index in [2.05, 4.69) is 0 Å². The minimum Gasteiger partial charge on any atom is -0.443 e. The van der Waals surface area contributed by atoms with Crippen LogP contribution in [0.1, 0.15) is 26.5 Å². The Hall–Kier alpha value is -1.03. The van der Waals surface area contributed by atoms with Crippen LogP contribution in [0.25, 0.3) is 0 Å². The molecule has 0 aromatic carbocycles. The second-order valence-electron chi connectivity index (χ2n) is 3.97. The van der Waals surface area contributed by atoms with Gasteiger partial charge in [0, 0.05) is 0 Å². The van der Waals surface area contributed by atoms with Gasteiger partial charge in [-0.1, -0.05) is 0 Å². The number of hydrogen-bond acceptors (Lipinski definition) is 3. The van der Waals surface area contributed by atoms with Crippen LogP contribution in [-0.2, 0) is 4.74 Å². The number of nitriles is 1. The molecule has 0 saturated heterocycles. The van der Waals surface area contributed by atoms with Crippen molar-refractivity contribution in [3.8, 4) is 6.07 Å². The Morgan fingerprint density at radius 3 is 2.60 bits per heavy atom. The molecule has 0 aliphatic rings. The fourth-order valence-corrected chi connectivity index (χ4v) is 1.63. The molecule has 0 aliphatic heterocycles. The van der Waals surface area contributed by atoms with Crippen molar-refractivity contribution in [3.63, 3.8) is 0 Å². The van der Waals surface area contributed by atoms with Gasteiger partial charge in [0.05, 0.1) is 3.70 Å². The van der Waals surface area contributed by atoms with Gasteiger partial charge in [-0.2, -0.15) is 5.26 Å². The highest BCUT2D eigenvalue weighted by Crippen LogP contribution is 2.15. The number of ether oxygens (including phenoxy) is 1. The summed E-state index contributed by atoms with van der Waals surface area (Å²) in [6, 6.07) is 5.23. The maximum atomic E-state index is 11.7.